The van der Waals surface area contributed by atoms with Gasteiger partial charge in [0.25, 0.3) is 5.91 Å². The Morgan fingerprint density at radius 1 is 1.12 bits per heavy atom. The van der Waals surface area contributed by atoms with E-state index in [4.69, 9.17) is 4.74 Å². The summed E-state index contributed by atoms with van der Waals surface area (Å²) < 4.78 is 7.07. The summed E-state index contributed by atoms with van der Waals surface area (Å²) in [6.45, 7) is 3.16. The van der Waals surface area contributed by atoms with Gasteiger partial charge in [-0.1, -0.05) is 31.0 Å². The molecule has 1 saturated heterocycles. The first-order chi connectivity index (χ1) is 12.6. The average Bonchev–Trinajstić information content (AvgIpc) is 2.94. The third-order valence-corrected chi connectivity index (χ3v) is 4.58. The first kappa shape index (κ1) is 18.2. The predicted octanol–water partition coefficient (Wildman–Crippen LogP) is 2.75. The van der Waals surface area contributed by atoms with Crippen LogP contribution < -0.4 is 0 Å². The van der Waals surface area contributed by atoms with Crippen LogP contribution >= 0.6 is 0 Å². The Kier molecular flexibility index (Phi) is 6.04. The molecule has 0 bridgehead atoms. The highest BCUT2D eigenvalue weighted by Gasteiger charge is 2.24. The lowest BCUT2D eigenvalue weighted by Gasteiger charge is -2.23. The Bertz CT molecular complexity index is 734. The summed E-state index contributed by atoms with van der Waals surface area (Å²) in [5.41, 5.74) is 1.69. The highest BCUT2D eigenvalue weighted by Crippen LogP contribution is 2.13. The molecule has 3 rings (SSSR count). The molecule has 1 atom stereocenters. The largest absolute Gasteiger partial charge is 0.452 e. The fourth-order valence-electron chi connectivity index (χ4n) is 3.18. The topological polar surface area (TPSA) is 64.4 Å². The summed E-state index contributed by atoms with van der Waals surface area (Å²) in [6, 6.07) is 9.68. The number of hydrogen-bond acceptors (Lipinski definition) is 4. The molecule has 0 saturated carbocycles. The first-order valence-corrected chi connectivity index (χ1v) is 9.21. The smallest absolute Gasteiger partial charge is 0.311 e. The van der Waals surface area contributed by atoms with E-state index in [1.807, 2.05) is 35.2 Å². The van der Waals surface area contributed by atoms with Crippen LogP contribution in [0, 0.1) is 0 Å². The number of amides is 1. The van der Waals surface area contributed by atoms with Crippen molar-refractivity contribution in [3.63, 3.8) is 0 Å². The van der Waals surface area contributed by atoms with Crippen LogP contribution in [0.3, 0.4) is 0 Å². The third kappa shape index (κ3) is 4.71. The van der Waals surface area contributed by atoms with E-state index in [1.165, 1.54) is 0 Å². The monoisotopic (exact) mass is 355 g/mol. The lowest BCUT2D eigenvalue weighted by Crippen LogP contribution is -2.40. The maximum atomic E-state index is 12.5. The summed E-state index contributed by atoms with van der Waals surface area (Å²) in [5, 5.41) is 4.27. The van der Waals surface area contributed by atoms with Crippen LogP contribution in [-0.4, -0.2) is 45.8 Å². The number of rotatable bonds is 5. The molecule has 1 amide bonds. The number of likely N-dealkylation sites (tertiary alicyclic amines) is 1. The number of carbonyl (C=O) groups is 2. The summed E-state index contributed by atoms with van der Waals surface area (Å²) in [7, 11) is 0. The summed E-state index contributed by atoms with van der Waals surface area (Å²) >= 11 is 0. The summed E-state index contributed by atoms with van der Waals surface area (Å²) in [4.78, 5) is 26.5. The molecule has 138 valence electrons. The molecule has 0 radical (unpaired) electrons. The van der Waals surface area contributed by atoms with E-state index >= 15 is 0 Å². The fourth-order valence-corrected chi connectivity index (χ4v) is 3.18. The molecule has 1 aliphatic heterocycles. The minimum atomic E-state index is -0.746. The molecule has 2 heterocycles. The van der Waals surface area contributed by atoms with E-state index in [2.05, 4.69) is 5.10 Å². The van der Waals surface area contributed by atoms with Gasteiger partial charge in [0.1, 0.15) is 0 Å². The summed E-state index contributed by atoms with van der Waals surface area (Å²) in [5.74, 6) is -0.506. The third-order valence-electron chi connectivity index (χ3n) is 4.58. The summed E-state index contributed by atoms with van der Waals surface area (Å²) in [6.07, 6.45) is 7.16. The van der Waals surface area contributed by atoms with Crippen molar-refractivity contribution < 1.29 is 14.3 Å². The molecule has 1 aliphatic rings. The van der Waals surface area contributed by atoms with Crippen molar-refractivity contribution in [3.8, 4) is 5.69 Å². The first-order valence-electron chi connectivity index (χ1n) is 9.21. The number of esters is 1. The zero-order valence-corrected chi connectivity index (χ0v) is 15.1. The molecule has 0 spiro atoms. The van der Waals surface area contributed by atoms with Gasteiger partial charge in [0.05, 0.1) is 18.3 Å². The molecule has 1 aromatic heterocycles. The Morgan fingerprint density at radius 2 is 1.81 bits per heavy atom. The van der Waals surface area contributed by atoms with Gasteiger partial charge in [0, 0.05) is 24.8 Å². The minimum absolute atomic E-state index is 0.0970. The normalized spacial score (nSPS) is 16.0. The Hall–Kier alpha value is -2.63. The number of benzene rings is 1. The van der Waals surface area contributed by atoms with Crippen LogP contribution in [0.5, 0.6) is 0 Å². The molecule has 0 N–H and O–H groups in total. The SMILES string of the molecule is CC(OC(=O)Cc1cnn(-c2ccccc2)c1)C(=O)N1CCCCCC1. The number of carbonyl (C=O) groups excluding carboxylic acids is 2. The van der Waals surface area contributed by atoms with Gasteiger partial charge in [-0.25, -0.2) is 4.68 Å². The van der Waals surface area contributed by atoms with E-state index in [9.17, 15) is 9.59 Å². The molecule has 0 aliphatic carbocycles. The van der Waals surface area contributed by atoms with Crippen molar-refractivity contribution in [3.05, 3.63) is 48.3 Å². The quantitative estimate of drug-likeness (QED) is 0.774. The average molecular weight is 355 g/mol. The van der Waals surface area contributed by atoms with Gasteiger partial charge >= 0.3 is 5.97 Å². The maximum absolute atomic E-state index is 12.5. The van der Waals surface area contributed by atoms with Gasteiger partial charge in [0.15, 0.2) is 6.10 Å². The van der Waals surface area contributed by atoms with Crippen LogP contribution in [-0.2, 0) is 20.7 Å². The van der Waals surface area contributed by atoms with Crippen LogP contribution in [0.4, 0.5) is 0 Å². The molecule has 1 fully saturated rings. The van der Waals surface area contributed by atoms with Crippen LogP contribution in [0.15, 0.2) is 42.7 Å². The number of hydrogen-bond donors (Lipinski definition) is 0. The van der Waals surface area contributed by atoms with Crippen molar-refractivity contribution >= 4 is 11.9 Å². The molecular weight excluding hydrogens is 330 g/mol. The Balaban J connectivity index is 1.53. The standard InChI is InChI=1S/C20H25N3O3/c1-16(20(25)22-11-7-2-3-8-12-22)26-19(24)13-17-14-21-23(15-17)18-9-5-4-6-10-18/h4-6,9-10,14-16H,2-3,7-8,11-13H2,1H3. The molecule has 6 heteroatoms. The number of nitrogens with zero attached hydrogens (tertiary/aromatic N) is 3. The minimum Gasteiger partial charge on any atom is -0.452 e. The van der Waals surface area contributed by atoms with Crippen LogP contribution in [0.2, 0.25) is 0 Å². The zero-order valence-electron chi connectivity index (χ0n) is 15.1. The molecule has 6 nitrogen and oxygen atoms in total. The lowest BCUT2D eigenvalue weighted by molar-refractivity contribution is -0.158. The van der Waals surface area contributed by atoms with E-state index in [-0.39, 0.29) is 12.3 Å². The van der Waals surface area contributed by atoms with Gasteiger partial charge in [0.2, 0.25) is 0 Å². The number of para-hydroxylation sites is 1. The highest BCUT2D eigenvalue weighted by atomic mass is 16.5. The number of aromatic nitrogens is 2. The van der Waals surface area contributed by atoms with Crippen molar-refractivity contribution in [2.24, 2.45) is 0 Å². The Morgan fingerprint density at radius 3 is 2.50 bits per heavy atom. The fraction of sp³-hybridized carbons (Fsp3) is 0.450. The van der Waals surface area contributed by atoms with E-state index < -0.39 is 12.1 Å². The van der Waals surface area contributed by atoms with E-state index in [0.29, 0.717) is 0 Å². The molecule has 2 aromatic rings. The second kappa shape index (κ2) is 8.65. The Labute approximate surface area is 153 Å². The lowest BCUT2D eigenvalue weighted by atomic mass is 10.2. The van der Waals surface area contributed by atoms with Crippen molar-refractivity contribution in [2.75, 3.05) is 13.1 Å². The predicted molar refractivity (Wildman–Crippen MR) is 97.9 cm³/mol. The molecular formula is C20H25N3O3. The van der Waals surface area contributed by atoms with Crippen molar-refractivity contribution in [1.29, 1.82) is 0 Å². The van der Waals surface area contributed by atoms with Crippen LogP contribution in [0.1, 0.15) is 38.2 Å². The maximum Gasteiger partial charge on any atom is 0.311 e. The highest BCUT2D eigenvalue weighted by molar-refractivity contribution is 5.84. The molecule has 1 unspecified atom stereocenters. The van der Waals surface area contributed by atoms with Gasteiger partial charge in [-0.05, 0) is 31.9 Å². The second-order valence-electron chi connectivity index (χ2n) is 6.68. The van der Waals surface area contributed by atoms with Gasteiger partial charge < -0.3 is 9.64 Å². The van der Waals surface area contributed by atoms with Gasteiger partial charge in [-0.2, -0.15) is 5.10 Å². The molecule has 26 heavy (non-hydrogen) atoms. The van der Waals surface area contributed by atoms with Crippen molar-refractivity contribution in [2.45, 2.75) is 45.1 Å². The van der Waals surface area contributed by atoms with Crippen LogP contribution in [0.25, 0.3) is 5.69 Å². The van der Waals surface area contributed by atoms with E-state index in [0.717, 1.165) is 50.0 Å². The van der Waals surface area contributed by atoms with Gasteiger partial charge in [-0.3, -0.25) is 9.59 Å². The van der Waals surface area contributed by atoms with E-state index in [1.54, 1.807) is 24.0 Å². The number of ether oxygens (including phenoxy) is 1. The zero-order chi connectivity index (χ0) is 18.4. The second-order valence-corrected chi connectivity index (χ2v) is 6.68. The van der Waals surface area contributed by atoms with Crippen molar-refractivity contribution in [1.82, 2.24) is 14.7 Å². The molecule has 1 aromatic carbocycles. The van der Waals surface area contributed by atoms with Gasteiger partial charge in [-0.15, -0.1) is 0 Å².